The molecule has 1 unspecified atom stereocenters. The van der Waals surface area contributed by atoms with E-state index in [0.717, 1.165) is 44.0 Å². The van der Waals surface area contributed by atoms with E-state index in [1.807, 2.05) is 19.1 Å². The molecule has 2 heterocycles. The first-order valence-corrected chi connectivity index (χ1v) is 6.84. The Morgan fingerprint density at radius 1 is 1.56 bits per heavy atom. The monoisotopic (exact) mass is 269 g/mol. The average molecular weight is 270 g/mol. The van der Waals surface area contributed by atoms with Gasteiger partial charge in [-0.05, 0) is 31.9 Å². The largest absolute Gasteiger partial charge is 0.377 e. The number of hydrogen-bond donors (Lipinski definition) is 1. The van der Waals surface area contributed by atoms with Crippen molar-refractivity contribution in [3.05, 3.63) is 22.8 Å². The van der Waals surface area contributed by atoms with Crippen molar-refractivity contribution in [1.29, 1.82) is 0 Å². The van der Waals surface area contributed by atoms with Gasteiger partial charge in [-0.25, -0.2) is 4.98 Å². The molecule has 1 aromatic heterocycles. The molecule has 2 N–H and O–H groups in total. The summed E-state index contributed by atoms with van der Waals surface area (Å²) in [7, 11) is 0. The van der Waals surface area contributed by atoms with E-state index in [-0.39, 0.29) is 0 Å². The second-order valence-corrected chi connectivity index (χ2v) is 4.87. The minimum absolute atomic E-state index is 0.308. The van der Waals surface area contributed by atoms with Crippen LogP contribution in [0, 0.1) is 0 Å². The second kappa shape index (κ2) is 6.36. The highest BCUT2D eigenvalue weighted by Gasteiger charge is 2.21. The molecular weight excluding hydrogens is 250 g/mol. The normalized spacial score (nSPS) is 20.2. The number of piperidine rings is 1. The molecule has 2 rings (SSSR count). The lowest BCUT2D eigenvalue weighted by molar-refractivity contribution is 0.0525. The third-order valence-corrected chi connectivity index (χ3v) is 3.55. The summed E-state index contributed by atoms with van der Waals surface area (Å²) in [5, 5.41) is 0.639. The third kappa shape index (κ3) is 3.13. The van der Waals surface area contributed by atoms with E-state index in [9.17, 15) is 0 Å². The maximum Gasteiger partial charge on any atom is 0.129 e. The fourth-order valence-electron chi connectivity index (χ4n) is 2.31. The summed E-state index contributed by atoms with van der Waals surface area (Å²) in [5.41, 5.74) is 6.39. The summed E-state index contributed by atoms with van der Waals surface area (Å²) in [6.07, 6.45) is 2.57. The summed E-state index contributed by atoms with van der Waals surface area (Å²) in [4.78, 5) is 6.77. The number of aromatic nitrogens is 1. The van der Waals surface area contributed by atoms with Gasteiger partial charge in [-0.1, -0.05) is 11.6 Å². The number of halogens is 1. The first kappa shape index (κ1) is 13.6. The number of hydrogen-bond acceptors (Lipinski definition) is 4. The van der Waals surface area contributed by atoms with E-state index in [2.05, 4.69) is 9.88 Å². The van der Waals surface area contributed by atoms with Crippen LogP contribution in [0.15, 0.2) is 12.1 Å². The van der Waals surface area contributed by atoms with Crippen molar-refractivity contribution in [2.24, 2.45) is 5.73 Å². The van der Waals surface area contributed by atoms with E-state index >= 15 is 0 Å². The molecule has 100 valence electrons. The van der Waals surface area contributed by atoms with Gasteiger partial charge in [0.05, 0.1) is 16.8 Å². The first-order chi connectivity index (χ1) is 8.74. The zero-order valence-corrected chi connectivity index (χ0v) is 11.5. The Kier molecular flexibility index (Phi) is 4.80. The summed E-state index contributed by atoms with van der Waals surface area (Å²) in [6, 6.07) is 3.83. The number of ether oxygens (including phenoxy) is 1. The van der Waals surface area contributed by atoms with Gasteiger partial charge >= 0.3 is 0 Å². The fraction of sp³-hybridized carbons (Fsp3) is 0.615. The Hall–Kier alpha value is -0.840. The minimum Gasteiger partial charge on any atom is -0.377 e. The molecular formula is C13H20ClN3O. The molecule has 0 aromatic carbocycles. The summed E-state index contributed by atoms with van der Waals surface area (Å²) in [5.74, 6) is 0.948. The van der Waals surface area contributed by atoms with Crippen LogP contribution in [-0.4, -0.2) is 30.8 Å². The topological polar surface area (TPSA) is 51.4 Å². The molecule has 0 amide bonds. The molecule has 0 aliphatic carbocycles. The summed E-state index contributed by atoms with van der Waals surface area (Å²) in [6.45, 7) is 5.08. The van der Waals surface area contributed by atoms with Gasteiger partial charge in [-0.15, -0.1) is 0 Å². The van der Waals surface area contributed by atoms with Crippen LogP contribution < -0.4 is 10.6 Å². The molecule has 0 bridgehead atoms. The lowest BCUT2D eigenvalue weighted by Gasteiger charge is -2.33. The van der Waals surface area contributed by atoms with Crippen LogP contribution in [0.5, 0.6) is 0 Å². The average Bonchev–Trinajstić information content (AvgIpc) is 2.40. The molecule has 18 heavy (non-hydrogen) atoms. The van der Waals surface area contributed by atoms with E-state index in [4.69, 9.17) is 22.1 Å². The van der Waals surface area contributed by atoms with Crippen molar-refractivity contribution in [3.8, 4) is 0 Å². The Labute approximate surface area is 113 Å². The van der Waals surface area contributed by atoms with E-state index in [1.54, 1.807) is 0 Å². The van der Waals surface area contributed by atoms with Crippen LogP contribution >= 0.6 is 11.6 Å². The lowest BCUT2D eigenvalue weighted by Crippen LogP contribution is -2.40. The predicted molar refractivity (Wildman–Crippen MR) is 74.0 cm³/mol. The molecule has 1 aliphatic rings. The standard InChI is InChI=1S/C13H20ClN3O/c1-2-18-10-4-3-7-17(9-10)13-6-5-11(14)12(8-15)16-13/h5-6,10H,2-4,7-9,15H2,1H3. The molecule has 4 nitrogen and oxygen atoms in total. The maximum absolute atomic E-state index is 6.03. The number of nitrogens with two attached hydrogens (primary N) is 1. The minimum atomic E-state index is 0.308. The highest BCUT2D eigenvalue weighted by atomic mass is 35.5. The van der Waals surface area contributed by atoms with Crippen molar-refractivity contribution in [2.75, 3.05) is 24.6 Å². The molecule has 0 radical (unpaired) electrons. The Morgan fingerprint density at radius 2 is 2.39 bits per heavy atom. The predicted octanol–water partition coefficient (Wildman–Crippen LogP) is 2.20. The number of nitrogens with zero attached hydrogens (tertiary/aromatic N) is 2. The number of pyridine rings is 1. The van der Waals surface area contributed by atoms with Gasteiger partial charge < -0.3 is 15.4 Å². The Morgan fingerprint density at radius 3 is 3.11 bits per heavy atom. The van der Waals surface area contributed by atoms with Gasteiger partial charge in [0.25, 0.3) is 0 Å². The van der Waals surface area contributed by atoms with E-state index in [0.29, 0.717) is 17.7 Å². The van der Waals surface area contributed by atoms with Crippen molar-refractivity contribution >= 4 is 17.4 Å². The van der Waals surface area contributed by atoms with Crippen LogP contribution in [0.4, 0.5) is 5.82 Å². The van der Waals surface area contributed by atoms with Crippen LogP contribution in [0.1, 0.15) is 25.5 Å². The van der Waals surface area contributed by atoms with Crippen molar-refractivity contribution < 1.29 is 4.74 Å². The lowest BCUT2D eigenvalue weighted by atomic mass is 10.1. The quantitative estimate of drug-likeness (QED) is 0.910. The van der Waals surface area contributed by atoms with Crippen molar-refractivity contribution in [3.63, 3.8) is 0 Å². The van der Waals surface area contributed by atoms with Gasteiger partial charge in [0.15, 0.2) is 0 Å². The zero-order valence-electron chi connectivity index (χ0n) is 10.7. The zero-order chi connectivity index (χ0) is 13.0. The second-order valence-electron chi connectivity index (χ2n) is 4.47. The van der Waals surface area contributed by atoms with Crippen LogP contribution in [-0.2, 0) is 11.3 Å². The smallest absolute Gasteiger partial charge is 0.129 e. The number of rotatable bonds is 4. The molecule has 1 aromatic rings. The number of anilines is 1. The molecule has 1 atom stereocenters. The maximum atomic E-state index is 6.03. The third-order valence-electron chi connectivity index (χ3n) is 3.20. The molecule has 1 fully saturated rings. The highest BCUT2D eigenvalue weighted by Crippen LogP contribution is 2.23. The van der Waals surface area contributed by atoms with Crippen LogP contribution in [0.2, 0.25) is 5.02 Å². The van der Waals surface area contributed by atoms with Gasteiger partial charge in [0, 0.05) is 26.2 Å². The summed E-state index contributed by atoms with van der Waals surface area (Å²) < 4.78 is 5.69. The molecule has 1 saturated heterocycles. The highest BCUT2D eigenvalue weighted by molar-refractivity contribution is 6.31. The van der Waals surface area contributed by atoms with Crippen molar-refractivity contribution in [1.82, 2.24) is 4.98 Å². The first-order valence-electron chi connectivity index (χ1n) is 6.46. The summed E-state index contributed by atoms with van der Waals surface area (Å²) >= 11 is 6.03. The SMILES string of the molecule is CCOC1CCCN(c2ccc(Cl)c(CN)n2)C1. The Balaban J connectivity index is 2.10. The van der Waals surface area contributed by atoms with Gasteiger partial charge in [0.1, 0.15) is 5.82 Å². The van der Waals surface area contributed by atoms with Crippen LogP contribution in [0.25, 0.3) is 0 Å². The molecule has 0 spiro atoms. The van der Waals surface area contributed by atoms with E-state index < -0.39 is 0 Å². The fourth-order valence-corrected chi connectivity index (χ4v) is 2.49. The molecule has 5 heteroatoms. The van der Waals surface area contributed by atoms with Crippen LogP contribution in [0.3, 0.4) is 0 Å². The van der Waals surface area contributed by atoms with Gasteiger partial charge in [0.2, 0.25) is 0 Å². The Bertz CT molecular complexity index is 398. The van der Waals surface area contributed by atoms with E-state index in [1.165, 1.54) is 0 Å². The molecule has 0 saturated carbocycles. The van der Waals surface area contributed by atoms with Gasteiger partial charge in [-0.2, -0.15) is 0 Å². The van der Waals surface area contributed by atoms with Gasteiger partial charge in [-0.3, -0.25) is 0 Å². The van der Waals surface area contributed by atoms with Crippen molar-refractivity contribution in [2.45, 2.75) is 32.4 Å². The molecule has 1 aliphatic heterocycles.